The van der Waals surface area contributed by atoms with Gasteiger partial charge in [0.25, 0.3) is 0 Å². The van der Waals surface area contributed by atoms with E-state index in [4.69, 9.17) is 0 Å². The molecule has 1 saturated heterocycles. The van der Waals surface area contributed by atoms with Gasteiger partial charge in [-0.25, -0.2) is 4.79 Å². The Kier molecular flexibility index (Phi) is 5.26. The number of aliphatic hydroxyl groups excluding tert-OH is 1. The van der Waals surface area contributed by atoms with Crippen molar-refractivity contribution in [2.75, 3.05) is 50.1 Å². The number of aliphatic hydroxyl groups is 1. The Hall–Kier alpha value is -1.79. The van der Waals surface area contributed by atoms with Gasteiger partial charge in [0.15, 0.2) is 0 Å². The van der Waals surface area contributed by atoms with E-state index in [1.54, 1.807) is 0 Å². The summed E-state index contributed by atoms with van der Waals surface area (Å²) in [5, 5.41) is 15.6. The largest absolute Gasteiger partial charge is 0.394 e. The molecule has 6 nitrogen and oxygen atoms in total. The lowest BCUT2D eigenvalue weighted by atomic mass is 9.99. The van der Waals surface area contributed by atoms with Gasteiger partial charge < -0.3 is 25.5 Å². The van der Waals surface area contributed by atoms with E-state index in [0.29, 0.717) is 0 Å². The van der Waals surface area contributed by atoms with E-state index in [1.807, 2.05) is 18.2 Å². The van der Waals surface area contributed by atoms with Crippen LogP contribution in [0.1, 0.15) is 25.7 Å². The van der Waals surface area contributed by atoms with Gasteiger partial charge in [0.1, 0.15) is 0 Å². The number of carbonyl (C=O) groups excluding carboxylic acids is 1. The van der Waals surface area contributed by atoms with Crippen molar-refractivity contribution in [1.29, 1.82) is 0 Å². The number of piperazine rings is 1. The molecule has 3 N–H and O–H groups in total. The molecule has 0 atom stereocenters. The molecule has 2 amide bonds. The van der Waals surface area contributed by atoms with E-state index < -0.39 is 5.54 Å². The second kappa shape index (κ2) is 7.40. The molecule has 1 aromatic rings. The van der Waals surface area contributed by atoms with Crippen LogP contribution in [0.3, 0.4) is 0 Å². The molecular formula is C18H28N4O2. The molecule has 1 aliphatic heterocycles. The Balaban J connectivity index is 1.67. The molecule has 2 fully saturated rings. The van der Waals surface area contributed by atoms with Crippen molar-refractivity contribution >= 4 is 17.4 Å². The van der Waals surface area contributed by atoms with Gasteiger partial charge in [-0.15, -0.1) is 0 Å². The lowest BCUT2D eigenvalue weighted by Gasteiger charge is -2.35. The molecular weight excluding hydrogens is 304 g/mol. The van der Waals surface area contributed by atoms with Crippen molar-refractivity contribution in [3.05, 3.63) is 24.3 Å². The van der Waals surface area contributed by atoms with Crippen LogP contribution in [0.4, 0.5) is 16.2 Å². The molecule has 6 heteroatoms. The molecule has 0 aromatic heterocycles. The zero-order valence-electron chi connectivity index (χ0n) is 14.4. The third-order valence-corrected chi connectivity index (χ3v) is 5.24. The number of anilines is 2. The maximum atomic E-state index is 12.5. The third-order valence-electron chi connectivity index (χ3n) is 5.24. The molecule has 0 spiro atoms. The van der Waals surface area contributed by atoms with Crippen LogP contribution in [0.5, 0.6) is 0 Å². The van der Waals surface area contributed by atoms with Crippen LogP contribution in [0.15, 0.2) is 24.3 Å². The molecule has 1 heterocycles. The van der Waals surface area contributed by atoms with Crippen LogP contribution >= 0.6 is 0 Å². The third kappa shape index (κ3) is 3.82. The smallest absolute Gasteiger partial charge is 0.319 e. The maximum absolute atomic E-state index is 12.5. The highest BCUT2D eigenvalue weighted by molar-refractivity contribution is 5.93. The number of likely N-dealkylation sites (N-methyl/N-ethyl adjacent to an activating group) is 1. The van der Waals surface area contributed by atoms with E-state index in [-0.39, 0.29) is 12.6 Å². The number of benzene rings is 1. The van der Waals surface area contributed by atoms with Crippen molar-refractivity contribution < 1.29 is 9.90 Å². The molecule has 3 rings (SSSR count). The lowest BCUT2D eigenvalue weighted by molar-refractivity contribution is 0.167. The fourth-order valence-corrected chi connectivity index (χ4v) is 3.67. The summed E-state index contributed by atoms with van der Waals surface area (Å²) < 4.78 is 0. The van der Waals surface area contributed by atoms with Gasteiger partial charge in [-0.05, 0) is 32.0 Å². The minimum Gasteiger partial charge on any atom is -0.394 e. The van der Waals surface area contributed by atoms with Crippen molar-refractivity contribution in [3.63, 3.8) is 0 Å². The summed E-state index contributed by atoms with van der Waals surface area (Å²) in [6.45, 7) is 3.96. The second-order valence-electron chi connectivity index (χ2n) is 7.03. The monoisotopic (exact) mass is 332 g/mol. The number of rotatable bonds is 4. The SMILES string of the molecule is CN1CCN(c2ccccc2NC(=O)NC2(CO)CCCC2)CC1. The first kappa shape index (κ1) is 17.0. The normalized spacial score (nSPS) is 20.8. The van der Waals surface area contributed by atoms with Gasteiger partial charge in [-0.2, -0.15) is 0 Å². The summed E-state index contributed by atoms with van der Waals surface area (Å²) in [6, 6.07) is 7.70. The number of carbonyl (C=O) groups is 1. The highest BCUT2D eigenvalue weighted by atomic mass is 16.3. The summed E-state index contributed by atoms with van der Waals surface area (Å²) in [7, 11) is 2.13. The summed E-state index contributed by atoms with van der Waals surface area (Å²) in [4.78, 5) is 17.1. The number of nitrogens with zero attached hydrogens (tertiary/aromatic N) is 2. The van der Waals surface area contributed by atoms with Gasteiger partial charge in [-0.1, -0.05) is 25.0 Å². The van der Waals surface area contributed by atoms with Crippen molar-refractivity contribution in [2.24, 2.45) is 0 Å². The topological polar surface area (TPSA) is 67.8 Å². The Morgan fingerprint density at radius 1 is 1.17 bits per heavy atom. The van der Waals surface area contributed by atoms with Crippen LogP contribution in [0.2, 0.25) is 0 Å². The van der Waals surface area contributed by atoms with E-state index in [1.165, 1.54) is 0 Å². The van der Waals surface area contributed by atoms with E-state index in [0.717, 1.165) is 63.2 Å². The van der Waals surface area contributed by atoms with Crippen LogP contribution in [0.25, 0.3) is 0 Å². The first-order chi connectivity index (χ1) is 11.6. The summed E-state index contributed by atoms with van der Waals surface area (Å²) in [5.41, 5.74) is 1.43. The summed E-state index contributed by atoms with van der Waals surface area (Å²) in [5.74, 6) is 0. The molecule has 1 aromatic carbocycles. The molecule has 132 valence electrons. The lowest BCUT2D eigenvalue weighted by Crippen LogP contribution is -2.51. The van der Waals surface area contributed by atoms with E-state index in [9.17, 15) is 9.90 Å². The molecule has 0 radical (unpaired) electrons. The fraction of sp³-hybridized carbons (Fsp3) is 0.611. The number of hydrogen-bond acceptors (Lipinski definition) is 4. The van der Waals surface area contributed by atoms with Gasteiger partial charge in [-0.3, -0.25) is 0 Å². The summed E-state index contributed by atoms with van der Waals surface area (Å²) in [6.07, 6.45) is 3.80. The van der Waals surface area contributed by atoms with Crippen LogP contribution in [-0.4, -0.2) is 61.4 Å². The zero-order valence-corrected chi connectivity index (χ0v) is 14.4. The first-order valence-corrected chi connectivity index (χ1v) is 8.84. The predicted octanol–water partition coefficient (Wildman–Crippen LogP) is 1.86. The number of amides is 2. The van der Waals surface area contributed by atoms with Gasteiger partial charge in [0.2, 0.25) is 0 Å². The van der Waals surface area contributed by atoms with Crippen LogP contribution in [0, 0.1) is 0 Å². The Bertz CT molecular complexity index is 564. The van der Waals surface area contributed by atoms with Gasteiger partial charge in [0, 0.05) is 26.2 Å². The van der Waals surface area contributed by atoms with Gasteiger partial charge in [0.05, 0.1) is 23.5 Å². The highest BCUT2D eigenvalue weighted by Crippen LogP contribution is 2.30. The number of para-hydroxylation sites is 2. The van der Waals surface area contributed by atoms with Crippen LogP contribution in [-0.2, 0) is 0 Å². The molecule has 0 bridgehead atoms. The van der Waals surface area contributed by atoms with E-state index >= 15 is 0 Å². The minimum atomic E-state index is -0.452. The number of urea groups is 1. The fourth-order valence-electron chi connectivity index (χ4n) is 3.67. The Morgan fingerprint density at radius 3 is 2.50 bits per heavy atom. The first-order valence-electron chi connectivity index (χ1n) is 8.84. The highest BCUT2D eigenvalue weighted by Gasteiger charge is 2.34. The number of nitrogens with one attached hydrogen (secondary N) is 2. The Labute approximate surface area is 143 Å². The van der Waals surface area contributed by atoms with Gasteiger partial charge >= 0.3 is 6.03 Å². The molecule has 24 heavy (non-hydrogen) atoms. The average molecular weight is 332 g/mol. The number of hydrogen-bond donors (Lipinski definition) is 3. The molecule has 2 aliphatic rings. The molecule has 0 unspecified atom stereocenters. The zero-order chi connectivity index (χ0) is 17.0. The molecule has 1 saturated carbocycles. The van der Waals surface area contributed by atoms with Crippen molar-refractivity contribution in [1.82, 2.24) is 10.2 Å². The predicted molar refractivity (Wildman–Crippen MR) is 96.6 cm³/mol. The standard InChI is InChI=1S/C18H28N4O2/c1-21-10-12-22(13-11-21)16-7-3-2-6-15(16)19-17(24)20-18(14-23)8-4-5-9-18/h2-3,6-7,23H,4-5,8-14H2,1H3,(H2,19,20,24). The van der Waals surface area contributed by atoms with Crippen LogP contribution < -0.4 is 15.5 Å². The average Bonchev–Trinajstić information content (AvgIpc) is 3.05. The van der Waals surface area contributed by atoms with E-state index in [2.05, 4.69) is 33.5 Å². The minimum absolute atomic E-state index is 0.000522. The molecule has 1 aliphatic carbocycles. The van der Waals surface area contributed by atoms with Crippen molar-refractivity contribution in [2.45, 2.75) is 31.2 Å². The van der Waals surface area contributed by atoms with Crippen molar-refractivity contribution in [3.8, 4) is 0 Å². The second-order valence-corrected chi connectivity index (χ2v) is 7.03. The maximum Gasteiger partial charge on any atom is 0.319 e. The quantitative estimate of drug-likeness (QED) is 0.787. The Morgan fingerprint density at radius 2 is 1.83 bits per heavy atom. The summed E-state index contributed by atoms with van der Waals surface area (Å²) >= 11 is 0.